The highest BCUT2D eigenvalue weighted by atomic mass is 15.3. The summed E-state index contributed by atoms with van der Waals surface area (Å²) < 4.78 is 0. The summed E-state index contributed by atoms with van der Waals surface area (Å²) in [4.78, 5) is 22.4. The summed E-state index contributed by atoms with van der Waals surface area (Å²) in [6, 6.07) is 8.19. The summed E-state index contributed by atoms with van der Waals surface area (Å²) >= 11 is 0. The first kappa shape index (κ1) is 15.0. The molecule has 0 bridgehead atoms. The van der Waals surface area contributed by atoms with Gasteiger partial charge in [0.2, 0.25) is 0 Å². The molecular formula is C18H20N6. The van der Waals surface area contributed by atoms with E-state index in [-0.39, 0.29) is 0 Å². The Balaban J connectivity index is 1.45. The Morgan fingerprint density at radius 2 is 1.75 bits per heavy atom. The van der Waals surface area contributed by atoms with E-state index in [4.69, 9.17) is 0 Å². The molecule has 1 aliphatic rings. The lowest BCUT2D eigenvalue weighted by atomic mass is 10.2. The summed E-state index contributed by atoms with van der Waals surface area (Å²) in [5, 5.41) is 1.12. The second-order valence-electron chi connectivity index (χ2n) is 6.13. The Morgan fingerprint density at radius 1 is 0.917 bits per heavy atom. The highest BCUT2D eigenvalue weighted by molar-refractivity contribution is 5.89. The number of aromatic nitrogens is 4. The van der Waals surface area contributed by atoms with E-state index in [9.17, 15) is 0 Å². The van der Waals surface area contributed by atoms with E-state index in [2.05, 4.69) is 35.8 Å². The number of benzene rings is 1. The van der Waals surface area contributed by atoms with E-state index >= 15 is 0 Å². The molecular weight excluding hydrogens is 300 g/mol. The van der Waals surface area contributed by atoms with Crippen molar-refractivity contribution in [2.45, 2.75) is 13.5 Å². The number of rotatable bonds is 3. The number of aryl methyl sites for hydroxylation is 1. The summed E-state index contributed by atoms with van der Waals surface area (Å²) in [5.74, 6) is 1.04. The summed E-state index contributed by atoms with van der Waals surface area (Å²) in [5.41, 5.74) is 2.99. The van der Waals surface area contributed by atoms with Crippen LogP contribution in [0.15, 0.2) is 43.0 Å². The van der Waals surface area contributed by atoms with Crippen LogP contribution in [0.5, 0.6) is 0 Å². The Bertz CT molecular complexity index is 819. The van der Waals surface area contributed by atoms with E-state index in [0.717, 1.165) is 60.8 Å². The van der Waals surface area contributed by atoms with Gasteiger partial charge in [-0.25, -0.2) is 9.97 Å². The molecule has 2 aromatic heterocycles. The maximum Gasteiger partial charge on any atom is 0.139 e. The predicted octanol–water partition coefficient (Wildman–Crippen LogP) is 2.05. The third-order valence-electron chi connectivity index (χ3n) is 4.41. The van der Waals surface area contributed by atoms with Crippen molar-refractivity contribution in [3.05, 3.63) is 54.4 Å². The minimum atomic E-state index is 0.853. The smallest absolute Gasteiger partial charge is 0.139 e. The third kappa shape index (κ3) is 3.05. The van der Waals surface area contributed by atoms with Gasteiger partial charge in [-0.15, -0.1) is 0 Å². The highest BCUT2D eigenvalue weighted by Gasteiger charge is 2.20. The lowest BCUT2D eigenvalue weighted by Crippen LogP contribution is -2.46. The Morgan fingerprint density at radius 3 is 2.54 bits per heavy atom. The van der Waals surface area contributed by atoms with Crippen molar-refractivity contribution in [3.8, 4) is 0 Å². The number of hydrogen-bond donors (Lipinski definition) is 0. The molecule has 0 saturated carbocycles. The maximum atomic E-state index is 4.52. The second-order valence-corrected chi connectivity index (χ2v) is 6.13. The highest BCUT2D eigenvalue weighted by Crippen LogP contribution is 2.23. The summed E-state index contributed by atoms with van der Waals surface area (Å²) in [6.45, 7) is 6.72. The molecule has 1 aliphatic heterocycles. The van der Waals surface area contributed by atoms with Gasteiger partial charge in [0.1, 0.15) is 12.1 Å². The number of para-hydroxylation sites is 1. The fraction of sp³-hybridized carbons (Fsp3) is 0.333. The number of fused-ring (bicyclic) bond motifs is 1. The van der Waals surface area contributed by atoms with Gasteiger partial charge in [0.05, 0.1) is 16.9 Å². The van der Waals surface area contributed by atoms with Crippen LogP contribution < -0.4 is 4.90 Å². The third-order valence-corrected chi connectivity index (χ3v) is 4.41. The molecule has 1 fully saturated rings. The molecule has 6 nitrogen and oxygen atoms in total. The zero-order valence-electron chi connectivity index (χ0n) is 13.8. The van der Waals surface area contributed by atoms with E-state index in [0.29, 0.717) is 0 Å². The fourth-order valence-corrected chi connectivity index (χ4v) is 3.09. The average Bonchev–Trinajstić information content (AvgIpc) is 2.64. The van der Waals surface area contributed by atoms with Gasteiger partial charge < -0.3 is 4.90 Å². The molecule has 4 rings (SSSR count). The molecule has 122 valence electrons. The topological polar surface area (TPSA) is 58.0 Å². The van der Waals surface area contributed by atoms with Gasteiger partial charge in [0, 0.05) is 50.5 Å². The second kappa shape index (κ2) is 6.49. The van der Waals surface area contributed by atoms with Crippen LogP contribution in [0.4, 0.5) is 5.82 Å². The Hall–Kier alpha value is -2.60. The standard InChI is InChI=1S/C18H20N6/c1-14-10-20-15(11-19-14)12-23-6-8-24(9-7-23)18-16-4-2-3-5-17(16)21-13-22-18/h2-5,10-11,13H,6-9,12H2,1H3. The van der Waals surface area contributed by atoms with Crippen molar-refractivity contribution >= 4 is 16.7 Å². The molecule has 0 atom stereocenters. The number of anilines is 1. The molecule has 6 heteroatoms. The quantitative estimate of drug-likeness (QED) is 0.736. The van der Waals surface area contributed by atoms with Crippen molar-refractivity contribution in [1.29, 1.82) is 0 Å². The van der Waals surface area contributed by atoms with Crippen LogP contribution in [-0.4, -0.2) is 51.0 Å². The van der Waals surface area contributed by atoms with E-state index in [1.807, 2.05) is 37.5 Å². The van der Waals surface area contributed by atoms with Crippen LogP contribution in [0, 0.1) is 6.92 Å². The first-order valence-electron chi connectivity index (χ1n) is 8.24. The van der Waals surface area contributed by atoms with Crippen molar-refractivity contribution in [2.75, 3.05) is 31.1 Å². The van der Waals surface area contributed by atoms with Gasteiger partial charge in [-0.2, -0.15) is 0 Å². The molecule has 24 heavy (non-hydrogen) atoms. The van der Waals surface area contributed by atoms with E-state index < -0.39 is 0 Å². The molecule has 0 spiro atoms. The fourth-order valence-electron chi connectivity index (χ4n) is 3.09. The van der Waals surface area contributed by atoms with Crippen molar-refractivity contribution < 1.29 is 0 Å². The maximum absolute atomic E-state index is 4.52. The van der Waals surface area contributed by atoms with Crippen molar-refractivity contribution in [1.82, 2.24) is 24.8 Å². The average molecular weight is 320 g/mol. The molecule has 0 radical (unpaired) electrons. The van der Waals surface area contributed by atoms with E-state index in [1.165, 1.54) is 0 Å². The molecule has 0 aliphatic carbocycles. The molecule has 3 heterocycles. The molecule has 3 aromatic rings. The minimum absolute atomic E-state index is 0.853. The minimum Gasteiger partial charge on any atom is -0.353 e. The van der Waals surface area contributed by atoms with Gasteiger partial charge in [-0.1, -0.05) is 12.1 Å². The van der Waals surface area contributed by atoms with Crippen LogP contribution in [-0.2, 0) is 6.54 Å². The zero-order valence-corrected chi connectivity index (χ0v) is 13.8. The molecule has 0 unspecified atom stereocenters. The summed E-state index contributed by atoms with van der Waals surface area (Å²) in [6.07, 6.45) is 5.37. The Kier molecular flexibility index (Phi) is 4.04. The summed E-state index contributed by atoms with van der Waals surface area (Å²) in [7, 11) is 0. The lowest BCUT2D eigenvalue weighted by molar-refractivity contribution is 0.246. The predicted molar refractivity (Wildman–Crippen MR) is 93.8 cm³/mol. The number of piperazine rings is 1. The van der Waals surface area contributed by atoms with Gasteiger partial charge in [0.25, 0.3) is 0 Å². The first-order chi connectivity index (χ1) is 11.8. The molecule has 0 N–H and O–H groups in total. The Labute approximate surface area is 141 Å². The number of hydrogen-bond acceptors (Lipinski definition) is 6. The van der Waals surface area contributed by atoms with Crippen molar-refractivity contribution in [2.24, 2.45) is 0 Å². The zero-order chi connectivity index (χ0) is 16.4. The molecule has 1 saturated heterocycles. The van der Waals surface area contributed by atoms with Gasteiger partial charge in [-0.05, 0) is 19.1 Å². The van der Waals surface area contributed by atoms with Crippen LogP contribution in [0.25, 0.3) is 10.9 Å². The van der Waals surface area contributed by atoms with Crippen LogP contribution in [0.3, 0.4) is 0 Å². The number of nitrogens with zero attached hydrogens (tertiary/aromatic N) is 6. The van der Waals surface area contributed by atoms with Gasteiger partial charge in [0.15, 0.2) is 0 Å². The first-order valence-corrected chi connectivity index (χ1v) is 8.24. The van der Waals surface area contributed by atoms with Gasteiger partial charge >= 0.3 is 0 Å². The van der Waals surface area contributed by atoms with Crippen LogP contribution >= 0.6 is 0 Å². The lowest BCUT2D eigenvalue weighted by Gasteiger charge is -2.35. The van der Waals surface area contributed by atoms with Crippen LogP contribution in [0.1, 0.15) is 11.4 Å². The normalized spacial score (nSPS) is 15.8. The molecule has 1 aromatic carbocycles. The van der Waals surface area contributed by atoms with E-state index in [1.54, 1.807) is 6.33 Å². The van der Waals surface area contributed by atoms with Gasteiger partial charge in [-0.3, -0.25) is 14.9 Å². The largest absolute Gasteiger partial charge is 0.353 e. The monoisotopic (exact) mass is 320 g/mol. The molecule has 0 amide bonds. The SMILES string of the molecule is Cc1cnc(CN2CCN(c3ncnc4ccccc34)CC2)cn1. The van der Waals surface area contributed by atoms with Crippen LogP contribution in [0.2, 0.25) is 0 Å². The van der Waals surface area contributed by atoms with Crippen molar-refractivity contribution in [3.63, 3.8) is 0 Å².